The Balaban J connectivity index is 2.53. The fourth-order valence-corrected chi connectivity index (χ4v) is 1.97. The maximum Gasteiger partial charge on any atom is 0.170 e. The summed E-state index contributed by atoms with van der Waals surface area (Å²) in [6, 6.07) is 7.07. The van der Waals surface area contributed by atoms with Crippen molar-refractivity contribution in [2.45, 2.75) is 5.75 Å². The molecule has 0 bridgehead atoms. The second kappa shape index (κ2) is 4.47. The Hall–Kier alpha value is -0.640. The first-order valence-electron chi connectivity index (χ1n) is 4.23. The van der Waals surface area contributed by atoms with Gasteiger partial charge in [0.15, 0.2) is 5.76 Å². The van der Waals surface area contributed by atoms with Crippen LogP contribution in [0, 0.1) is 0 Å². The van der Waals surface area contributed by atoms with Crippen molar-refractivity contribution >= 4 is 35.8 Å². The molecule has 0 saturated heterocycles. The maximum atomic E-state index is 6.03. The fourth-order valence-electron chi connectivity index (χ4n) is 1.24. The number of halogens is 2. The predicted octanol–water partition coefficient (Wildman–Crippen LogP) is 4.08. The molecule has 0 saturated carbocycles. The van der Waals surface area contributed by atoms with E-state index < -0.39 is 0 Å². The van der Waals surface area contributed by atoms with Crippen molar-refractivity contribution in [3.8, 4) is 11.3 Å². The quantitative estimate of drug-likeness (QED) is 0.823. The summed E-state index contributed by atoms with van der Waals surface area (Å²) in [5.74, 6) is 1.08. The van der Waals surface area contributed by atoms with Crippen LogP contribution in [0.5, 0.6) is 0 Å². The van der Waals surface area contributed by atoms with Crippen LogP contribution in [0.25, 0.3) is 11.3 Å². The summed E-state index contributed by atoms with van der Waals surface area (Å²) < 4.78 is 5.14. The van der Waals surface area contributed by atoms with Crippen LogP contribution in [0.3, 0.4) is 0 Å². The third kappa shape index (κ3) is 2.14. The SMILES string of the molecule is SCc1cc(-c2c(Cl)cccc2Cl)on1. The van der Waals surface area contributed by atoms with Gasteiger partial charge in [0.05, 0.1) is 21.3 Å². The lowest BCUT2D eigenvalue weighted by Crippen LogP contribution is -1.78. The zero-order valence-electron chi connectivity index (χ0n) is 7.58. The first kappa shape index (κ1) is 10.9. The first-order chi connectivity index (χ1) is 7.22. The van der Waals surface area contributed by atoms with Gasteiger partial charge in [-0.3, -0.25) is 0 Å². The lowest BCUT2D eigenvalue weighted by atomic mass is 10.1. The summed E-state index contributed by atoms with van der Waals surface area (Å²) in [6.07, 6.45) is 0. The van der Waals surface area contributed by atoms with Crippen LogP contribution >= 0.6 is 35.8 Å². The lowest BCUT2D eigenvalue weighted by Gasteiger charge is -2.01. The molecule has 2 rings (SSSR count). The molecule has 0 amide bonds. The molecular weight excluding hydrogens is 253 g/mol. The topological polar surface area (TPSA) is 26.0 Å². The van der Waals surface area contributed by atoms with E-state index in [-0.39, 0.29) is 0 Å². The zero-order chi connectivity index (χ0) is 10.8. The van der Waals surface area contributed by atoms with Crippen LogP contribution in [0.15, 0.2) is 28.8 Å². The van der Waals surface area contributed by atoms with Gasteiger partial charge >= 0.3 is 0 Å². The highest BCUT2D eigenvalue weighted by atomic mass is 35.5. The van der Waals surface area contributed by atoms with Crippen LogP contribution < -0.4 is 0 Å². The monoisotopic (exact) mass is 259 g/mol. The summed E-state index contributed by atoms with van der Waals surface area (Å²) in [5.41, 5.74) is 1.42. The van der Waals surface area contributed by atoms with Gasteiger partial charge in [0, 0.05) is 11.8 Å². The Morgan fingerprint density at radius 1 is 1.27 bits per heavy atom. The highest BCUT2D eigenvalue weighted by Gasteiger charge is 2.13. The van der Waals surface area contributed by atoms with Gasteiger partial charge in [0.1, 0.15) is 0 Å². The van der Waals surface area contributed by atoms with Crippen molar-refractivity contribution in [1.82, 2.24) is 5.16 Å². The number of rotatable bonds is 2. The molecule has 0 N–H and O–H groups in total. The molecule has 1 aromatic heterocycles. The van der Waals surface area contributed by atoms with Gasteiger partial charge in [0.25, 0.3) is 0 Å². The van der Waals surface area contributed by atoms with E-state index in [0.29, 0.717) is 27.1 Å². The minimum atomic E-state index is 0.519. The normalized spacial score (nSPS) is 10.6. The van der Waals surface area contributed by atoms with E-state index in [2.05, 4.69) is 17.8 Å². The highest BCUT2D eigenvalue weighted by molar-refractivity contribution is 7.79. The summed E-state index contributed by atoms with van der Waals surface area (Å²) in [5, 5.41) is 4.92. The van der Waals surface area contributed by atoms with Crippen molar-refractivity contribution in [2.75, 3.05) is 0 Å². The van der Waals surface area contributed by atoms with Crippen LogP contribution in [0.2, 0.25) is 10.0 Å². The number of aromatic nitrogens is 1. The average molecular weight is 260 g/mol. The fraction of sp³-hybridized carbons (Fsp3) is 0.100. The van der Waals surface area contributed by atoms with Gasteiger partial charge in [0.2, 0.25) is 0 Å². The molecule has 0 atom stereocenters. The van der Waals surface area contributed by atoms with Crippen LogP contribution in [-0.2, 0) is 5.75 Å². The van der Waals surface area contributed by atoms with Crippen molar-refractivity contribution in [2.24, 2.45) is 0 Å². The maximum absolute atomic E-state index is 6.03. The largest absolute Gasteiger partial charge is 0.356 e. The van der Waals surface area contributed by atoms with Crippen LogP contribution in [0.1, 0.15) is 5.69 Å². The molecule has 0 aliphatic heterocycles. The molecule has 0 unspecified atom stereocenters. The molecule has 0 spiro atoms. The highest BCUT2D eigenvalue weighted by Crippen LogP contribution is 2.34. The van der Waals surface area contributed by atoms with E-state index in [1.165, 1.54) is 0 Å². The van der Waals surface area contributed by atoms with E-state index in [1.807, 2.05) is 0 Å². The number of thiol groups is 1. The smallest absolute Gasteiger partial charge is 0.170 e. The Labute approximate surface area is 103 Å². The molecule has 78 valence electrons. The third-order valence-corrected chi connectivity index (χ3v) is 2.88. The molecule has 2 nitrogen and oxygen atoms in total. The van der Waals surface area contributed by atoms with Gasteiger partial charge in [-0.2, -0.15) is 12.6 Å². The molecule has 1 heterocycles. The standard InChI is InChI=1S/C10H7Cl2NOS/c11-7-2-1-3-8(12)10(7)9-4-6(5-15)13-14-9/h1-4,15H,5H2. The second-order valence-corrected chi connectivity index (χ2v) is 4.07. The van der Waals surface area contributed by atoms with Crippen molar-refractivity contribution in [3.05, 3.63) is 40.0 Å². The predicted molar refractivity (Wildman–Crippen MR) is 64.6 cm³/mol. The van der Waals surface area contributed by atoms with Gasteiger partial charge in [-0.05, 0) is 12.1 Å². The minimum Gasteiger partial charge on any atom is -0.356 e. The van der Waals surface area contributed by atoms with E-state index in [4.69, 9.17) is 27.7 Å². The van der Waals surface area contributed by atoms with Crippen molar-refractivity contribution < 1.29 is 4.52 Å². The van der Waals surface area contributed by atoms with Crippen LogP contribution in [0.4, 0.5) is 0 Å². The Morgan fingerprint density at radius 3 is 2.47 bits per heavy atom. The van der Waals surface area contributed by atoms with Gasteiger partial charge in [-0.1, -0.05) is 34.4 Å². The number of benzene rings is 1. The third-order valence-electron chi connectivity index (χ3n) is 1.93. The molecule has 0 fully saturated rings. The van der Waals surface area contributed by atoms with Crippen molar-refractivity contribution in [3.63, 3.8) is 0 Å². The average Bonchev–Trinajstić information content (AvgIpc) is 2.66. The van der Waals surface area contributed by atoms with E-state index in [0.717, 1.165) is 5.69 Å². The van der Waals surface area contributed by atoms with Crippen molar-refractivity contribution in [1.29, 1.82) is 0 Å². The molecule has 2 aromatic rings. The number of hydrogen-bond donors (Lipinski definition) is 1. The molecule has 5 heteroatoms. The molecular formula is C10H7Cl2NOS. The number of hydrogen-bond acceptors (Lipinski definition) is 3. The van der Waals surface area contributed by atoms with Gasteiger partial charge < -0.3 is 4.52 Å². The molecule has 0 radical (unpaired) electrons. The second-order valence-electron chi connectivity index (χ2n) is 2.94. The van der Waals surface area contributed by atoms with Gasteiger partial charge in [-0.15, -0.1) is 0 Å². The number of nitrogens with zero attached hydrogens (tertiary/aromatic N) is 1. The Morgan fingerprint density at radius 2 is 1.93 bits per heavy atom. The molecule has 0 aliphatic carbocycles. The summed E-state index contributed by atoms with van der Waals surface area (Å²) >= 11 is 16.1. The Bertz CT molecular complexity index is 464. The lowest BCUT2D eigenvalue weighted by molar-refractivity contribution is 0.426. The molecule has 0 aliphatic rings. The van der Waals surface area contributed by atoms with E-state index >= 15 is 0 Å². The van der Waals surface area contributed by atoms with Gasteiger partial charge in [-0.25, -0.2) is 0 Å². The van der Waals surface area contributed by atoms with E-state index in [9.17, 15) is 0 Å². The summed E-state index contributed by atoms with van der Waals surface area (Å²) in [7, 11) is 0. The van der Waals surface area contributed by atoms with Crippen LogP contribution in [-0.4, -0.2) is 5.16 Å². The summed E-state index contributed by atoms with van der Waals surface area (Å²) in [4.78, 5) is 0. The minimum absolute atomic E-state index is 0.519. The zero-order valence-corrected chi connectivity index (χ0v) is 9.98. The molecule has 1 aromatic carbocycles. The van der Waals surface area contributed by atoms with E-state index in [1.54, 1.807) is 24.3 Å². The summed E-state index contributed by atoms with van der Waals surface area (Å²) in [6.45, 7) is 0. The first-order valence-corrected chi connectivity index (χ1v) is 5.62. The Kier molecular flexibility index (Phi) is 3.24. The molecule has 15 heavy (non-hydrogen) atoms.